The second-order valence-corrected chi connectivity index (χ2v) is 5.76. The molecular weight excluding hydrogens is 328 g/mol. The van der Waals surface area contributed by atoms with Gasteiger partial charge in [0.2, 0.25) is 11.7 Å². The fourth-order valence-electron chi connectivity index (χ4n) is 3.49. The molecule has 1 aromatic carbocycles. The molecule has 7 nitrogen and oxygen atoms in total. The maximum absolute atomic E-state index is 13.1. The molecule has 3 rings (SSSR count). The zero-order valence-electron chi connectivity index (χ0n) is 14.1. The topological polar surface area (TPSA) is 88.1 Å². The molecule has 1 saturated heterocycles. The van der Waals surface area contributed by atoms with E-state index in [0.29, 0.717) is 5.75 Å². The first-order valence-electron chi connectivity index (χ1n) is 7.77. The normalized spacial score (nSPS) is 26.5. The molecule has 0 saturated carbocycles. The molecule has 2 heterocycles. The smallest absolute Gasteiger partial charge is 0.327 e. The van der Waals surface area contributed by atoms with Crippen molar-refractivity contribution in [3.05, 3.63) is 42.0 Å². The predicted octanol–water partition coefficient (Wildman–Crippen LogP) is 1.51. The van der Waals surface area contributed by atoms with Crippen LogP contribution in [0.15, 0.2) is 36.4 Å². The number of ether oxygens (including phenoxy) is 4. The molecule has 7 heteroatoms. The summed E-state index contributed by atoms with van der Waals surface area (Å²) in [6, 6.07) is 6.61. The van der Waals surface area contributed by atoms with Crippen molar-refractivity contribution in [1.29, 1.82) is 0 Å². The Morgan fingerprint density at radius 3 is 2.40 bits per heavy atom. The van der Waals surface area contributed by atoms with E-state index >= 15 is 0 Å². The zero-order valence-corrected chi connectivity index (χ0v) is 14.1. The second-order valence-electron chi connectivity index (χ2n) is 5.76. The Balaban J connectivity index is 2.21. The number of carbonyl (C=O) groups is 3. The lowest BCUT2D eigenvalue weighted by atomic mass is 9.68. The van der Waals surface area contributed by atoms with Crippen molar-refractivity contribution in [2.24, 2.45) is 11.3 Å². The van der Waals surface area contributed by atoms with Gasteiger partial charge in [0.1, 0.15) is 17.8 Å². The first kappa shape index (κ1) is 17.2. The van der Waals surface area contributed by atoms with Crippen molar-refractivity contribution in [2.75, 3.05) is 14.2 Å². The summed E-state index contributed by atoms with van der Waals surface area (Å²) in [5.41, 5.74) is -1.68. The Hall–Kier alpha value is -2.67. The number of esters is 2. The van der Waals surface area contributed by atoms with Gasteiger partial charge in [-0.3, -0.25) is 14.4 Å². The maximum Gasteiger partial charge on any atom is 0.327 e. The summed E-state index contributed by atoms with van der Waals surface area (Å²) in [5, 5.41) is 0. The van der Waals surface area contributed by atoms with Gasteiger partial charge in [-0.25, -0.2) is 0 Å². The Morgan fingerprint density at radius 1 is 1.16 bits per heavy atom. The highest BCUT2D eigenvalue weighted by Crippen LogP contribution is 2.51. The number of allylic oxidation sites excluding steroid dienone is 1. The Kier molecular flexibility index (Phi) is 4.34. The van der Waals surface area contributed by atoms with Crippen LogP contribution in [0.25, 0.3) is 0 Å². The quantitative estimate of drug-likeness (QED) is 0.466. The number of methoxy groups -OCH3 is 2. The summed E-state index contributed by atoms with van der Waals surface area (Å²) in [6.07, 6.45) is 1.00. The van der Waals surface area contributed by atoms with Gasteiger partial charge >= 0.3 is 11.9 Å². The monoisotopic (exact) mass is 346 g/mol. The lowest BCUT2D eigenvalue weighted by Crippen LogP contribution is -2.55. The van der Waals surface area contributed by atoms with Crippen LogP contribution in [-0.2, 0) is 23.8 Å². The van der Waals surface area contributed by atoms with E-state index in [4.69, 9.17) is 18.9 Å². The van der Waals surface area contributed by atoms with E-state index in [0.717, 1.165) is 14.2 Å². The summed E-state index contributed by atoms with van der Waals surface area (Å²) in [4.78, 5) is 38.5. The number of hydrogen-bond donors (Lipinski definition) is 0. The van der Waals surface area contributed by atoms with Gasteiger partial charge in [-0.1, -0.05) is 24.3 Å². The number of Topliss-reactive ketones (excluding diaryl/α,β-unsaturated/α-hetero) is 1. The van der Waals surface area contributed by atoms with Crippen LogP contribution in [0.4, 0.5) is 0 Å². The third-order valence-corrected chi connectivity index (χ3v) is 4.58. The van der Waals surface area contributed by atoms with Crippen LogP contribution in [0.2, 0.25) is 0 Å². The third-order valence-electron chi connectivity index (χ3n) is 4.58. The third kappa shape index (κ3) is 2.26. The number of hydrogen-bond acceptors (Lipinski definition) is 7. The van der Waals surface area contributed by atoms with Crippen molar-refractivity contribution in [2.45, 2.75) is 19.3 Å². The molecule has 25 heavy (non-hydrogen) atoms. The number of carbonyl (C=O) groups excluding carboxylic acids is 3. The Morgan fingerprint density at radius 2 is 1.80 bits per heavy atom. The predicted molar refractivity (Wildman–Crippen MR) is 84.8 cm³/mol. The summed E-state index contributed by atoms with van der Waals surface area (Å²) in [7, 11) is 2.30. The van der Waals surface area contributed by atoms with Crippen LogP contribution in [0.3, 0.4) is 0 Å². The first-order valence-corrected chi connectivity index (χ1v) is 7.77. The lowest BCUT2D eigenvalue weighted by Gasteiger charge is -2.33. The average molecular weight is 346 g/mol. The molecule has 0 bridgehead atoms. The number of ketones is 1. The Bertz CT molecular complexity index is 736. The van der Waals surface area contributed by atoms with E-state index in [1.165, 1.54) is 6.08 Å². The molecule has 0 aromatic heterocycles. The van der Waals surface area contributed by atoms with Gasteiger partial charge in [0.15, 0.2) is 5.78 Å². The van der Waals surface area contributed by atoms with E-state index < -0.39 is 41.4 Å². The van der Waals surface area contributed by atoms with Gasteiger partial charge < -0.3 is 18.9 Å². The van der Waals surface area contributed by atoms with E-state index in [1.54, 1.807) is 37.3 Å². The molecule has 2 aliphatic rings. The minimum Gasteiger partial charge on any atom is -0.468 e. The van der Waals surface area contributed by atoms with Crippen LogP contribution in [0.1, 0.15) is 17.3 Å². The molecule has 1 fully saturated rings. The highest BCUT2D eigenvalue weighted by Gasteiger charge is 2.71. The van der Waals surface area contributed by atoms with E-state index in [1.807, 2.05) is 0 Å². The minimum atomic E-state index is -1.97. The number of rotatable bonds is 3. The Labute approximate surface area is 144 Å². The molecule has 2 aliphatic heterocycles. The van der Waals surface area contributed by atoms with Crippen molar-refractivity contribution in [1.82, 2.24) is 0 Å². The van der Waals surface area contributed by atoms with E-state index in [2.05, 4.69) is 0 Å². The molecule has 0 aliphatic carbocycles. The van der Waals surface area contributed by atoms with Crippen LogP contribution < -0.4 is 4.74 Å². The first-order chi connectivity index (χ1) is 12.0. The average Bonchev–Trinajstić information content (AvgIpc) is 2.95. The molecular formula is C18H18O7. The maximum atomic E-state index is 13.1. The lowest BCUT2D eigenvalue weighted by molar-refractivity contribution is -0.173. The summed E-state index contributed by atoms with van der Waals surface area (Å²) in [5.74, 6) is -3.07. The summed E-state index contributed by atoms with van der Waals surface area (Å²) in [6.45, 7) is 1.71. The molecule has 132 valence electrons. The molecule has 0 unspecified atom stereocenters. The molecule has 1 aromatic rings. The van der Waals surface area contributed by atoms with Gasteiger partial charge in [0.25, 0.3) is 0 Å². The summed E-state index contributed by atoms with van der Waals surface area (Å²) >= 11 is 0. The highest BCUT2D eigenvalue weighted by molar-refractivity contribution is 6.12. The minimum absolute atomic E-state index is 0.283. The molecule has 0 spiro atoms. The van der Waals surface area contributed by atoms with Gasteiger partial charge in [-0.05, 0) is 19.1 Å². The highest BCUT2D eigenvalue weighted by atomic mass is 16.7. The zero-order chi connectivity index (χ0) is 18.2. The molecule has 0 radical (unpaired) electrons. The van der Waals surface area contributed by atoms with Gasteiger partial charge in [0.05, 0.1) is 19.8 Å². The number of benzene rings is 1. The molecule has 3 atom stereocenters. The van der Waals surface area contributed by atoms with Crippen molar-refractivity contribution in [3.8, 4) is 5.75 Å². The van der Waals surface area contributed by atoms with Gasteiger partial charge in [-0.2, -0.15) is 0 Å². The fraction of sp³-hybridized carbons (Fsp3) is 0.389. The van der Waals surface area contributed by atoms with Crippen LogP contribution >= 0.6 is 0 Å². The van der Waals surface area contributed by atoms with Crippen LogP contribution in [0, 0.1) is 11.3 Å². The fourth-order valence-corrected chi connectivity index (χ4v) is 3.49. The molecule has 0 amide bonds. The van der Waals surface area contributed by atoms with Gasteiger partial charge in [-0.15, -0.1) is 0 Å². The van der Waals surface area contributed by atoms with Crippen LogP contribution in [0.5, 0.6) is 5.75 Å². The standard InChI is InChI=1S/C18H18O7/c1-4-7-12-18(16(20)22-2,17(21)23-3)13-14(19)10-8-5-6-9-11(10)24-15(13)25-12/h4-9,12-13,15H,1-3H3/b7-4-/t12-,13+,15-/m0/s1. The number of para-hydroxylation sites is 1. The van der Waals surface area contributed by atoms with Crippen molar-refractivity contribution < 1.29 is 33.3 Å². The van der Waals surface area contributed by atoms with E-state index in [-0.39, 0.29) is 5.56 Å². The number of fused-ring (bicyclic) bond motifs is 2. The SMILES string of the molecule is C/C=C\[C@@H]1O[C@@H]2Oc3ccccc3C(=O)[C@H]2C1(C(=O)OC)C(=O)OC. The van der Waals surface area contributed by atoms with E-state index in [9.17, 15) is 14.4 Å². The summed E-state index contributed by atoms with van der Waals surface area (Å²) < 4.78 is 21.2. The van der Waals surface area contributed by atoms with Crippen molar-refractivity contribution >= 4 is 17.7 Å². The second kappa shape index (κ2) is 6.33. The van der Waals surface area contributed by atoms with Crippen molar-refractivity contribution in [3.63, 3.8) is 0 Å². The van der Waals surface area contributed by atoms with Crippen LogP contribution in [-0.4, -0.2) is 44.3 Å². The molecule has 0 N–H and O–H groups in total. The van der Waals surface area contributed by atoms with Gasteiger partial charge in [0, 0.05) is 0 Å². The largest absolute Gasteiger partial charge is 0.468 e.